The number of amides is 1. The Balaban J connectivity index is 0.000000153. The largest absolute Gasteiger partial charge is 0.481 e. The van der Waals surface area contributed by atoms with E-state index < -0.39 is 5.97 Å². The Labute approximate surface area is 381 Å². The van der Waals surface area contributed by atoms with E-state index in [2.05, 4.69) is 77.3 Å². The molecule has 6 aromatic rings. The number of thiophene rings is 2. The summed E-state index contributed by atoms with van der Waals surface area (Å²) in [4.78, 5) is 60.4. The van der Waals surface area contributed by atoms with E-state index in [0.717, 1.165) is 103 Å². The van der Waals surface area contributed by atoms with E-state index >= 15 is 0 Å². The third kappa shape index (κ3) is 8.22. The number of thioether (sulfide) groups is 2. The molecule has 7 heterocycles. The number of aryl methyl sites for hydroxylation is 2. The first-order valence-electron chi connectivity index (χ1n) is 21.3. The molecule has 4 aromatic heterocycles. The van der Waals surface area contributed by atoms with Crippen molar-refractivity contribution in [2.45, 2.75) is 87.5 Å². The number of nitrogens with one attached hydrogen (secondary N) is 2. The molecule has 0 saturated carbocycles. The molecule has 0 spiro atoms. The van der Waals surface area contributed by atoms with Crippen molar-refractivity contribution in [3.05, 3.63) is 80.1 Å². The molecule has 2 aromatic carbocycles. The fourth-order valence-electron chi connectivity index (χ4n) is 9.51. The van der Waals surface area contributed by atoms with Crippen LogP contribution in [0.2, 0.25) is 0 Å². The summed E-state index contributed by atoms with van der Waals surface area (Å²) in [5.41, 5.74) is 9.38. The van der Waals surface area contributed by atoms with Gasteiger partial charge in [-0.1, -0.05) is 0 Å². The highest BCUT2D eigenvalue weighted by Crippen LogP contribution is 2.44. The topological polar surface area (TPSA) is 167 Å². The molecule has 1 saturated heterocycles. The number of rotatable bonds is 8. The van der Waals surface area contributed by atoms with E-state index in [0.29, 0.717) is 25.9 Å². The minimum Gasteiger partial charge on any atom is -0.481 e. The lowest BCUT2D eigenvalue weighted by Gasteiger charge is -2.37. The number of carbonyl (C=O) groups is 2. The molecule has 3 aliphatic heterocycles. The molecule has 0 bridgehead atoms. The second-order valence-electron chi connectivity index (χ2n) is 16.7. The maximum atomic E-state index is 13.4. The highest BCUT2D eigenvalue weighted by atomic mass is 32.2. The number of benzene rings is 2. The van der Waals surface area contributed by atoms with Gasteiger partial charge in [0.2, 0.25) is 5.91 Å². The summed E-state index contributed by atoms with van der Waals surface area (Å²) < 4.78 is 5.83. The molecule has 13 nitrogen and oxygen atoms in total. The van der Waals surface area contributed by atoms with Crippen LogP contribution in [-0.4, -0.2) is 92.1 Å². The summed E-state index contributed by atoms with van der Waals surface area (Å²) in [6.07, 6.45) is 15.9. The highest BCUT2D eigenvalue weighted by molar-refractivity contribution is 7.99. The van der Waals surface area contributed by atoms with Gasteiger partial charge in [0, 0.05) is 51.0 Å². The Morgan fingerprint density at radius 1 is 0.730 bits per heavy atom. The number of ether oxygens (including phenoxy) is 1. The molecular weight excluding hydrogens is 871 g/mol. The fourth-order valence-corrected chi connectivity index (χ4v) is 13.2. The van der Waals surface area contributed by atoms with Crippen LogP contribution < -0.4 is 10.6 Å². The van der Waals surface area contributed by atoms with E-state index in [1.165, 1.54) is 32.0 Å². The monoisotopic (exact) mass is 917 g/mol. The number of aliphatic imine (C=N–C) groups is 2. The van der Waals surface area contributed by atoms with Crippen LogP contribution in [0.1, 0.15) is 69.8 Å². The molecule has 17 heteroatoms. The van der Waals surface area contributed by atoms with Crippen LogP contribution in [0.5, 0.6) is 0 Å². The van der Waals surface area contributed by atoms with Gasteiger partial charge in [-0.15, -0.1) is 46.2 Å². The molecule has 11 rings (SSSR count). The van der Waals surface area contributed by atoms with Gasteiger partial charge < -0.3 is 25.4 Å². The highest BCUT2D eigenvalue weighted by Gasteiger charge is 2.35. The number of anilines is 4. The second kappa shape index (κ2) is 17.6. The smallest absolute Gasteiger partial charge is 0.306 e. The predicted molar refractivity (Wildman–Crippen MR) is 256 cm³/mol. The second-order valence-corrected chi connectivity index (χ2v) is 20.6. The van der Waals surface area contributed by atoms with Crippen LogP contribution in [-0.2, 0) is 53.1 Å². The summed E-state index contributed by atoms with van der Waals surface area (Å²) in [6, 6.07) is 8.71. The van der Waals surface area contributed by atoms with Crippen LogP contribution in [0.25, 0.3) is 20.4 Å². The van der Waals surface area contributed by atoms with Crippen LogP contribution in [0.15, 0.2) is 56.7 Å². The lowest BCUT2D eigenvalue weighted by Crippen LogP contribution is -2.50. The zero-order chi connectivity index (χ0) is 43.4. The van der Waals surface area contributed by atoms with Crippen molar-refractivity contribution in [1.82, 2.24) is 24.8 Å². The lowest BCUT2D eigenvalue weighted by atomic mass is 9.86. The first kappa shape index (κ1) is 42.0. The van der Waals surface area contributed by atoms with Crippen LogP contribution in [0, 0.1) is 11.8 Å². The zero-order valence-electron chi connectivity index (χ0n) is 35.4. The normalized spacial score (nSPS) is 20.8. The fraction of sp³-hybridized carbons (Fsp3) is 0.391. The minimum absolute atomic E-state index is 0.0246. The molecule has 0 radical (unpaired) electrons. The summed E-state index contributed by atoms with van der Waals surface area (Å²) in [5, 5.41) is 18.6. The maximum Gasteiger partial charge on any atom is 0.306 e. The Kier molecular flexibility index (Phi) is 11.7. The average Bonchev–Trinajstić information content (AvgIpc) is 4.10. The van der Waals surface area contributed by atoms with Crippen molar-refractivity contribution < 1.29 is 19.4 Å². The molecular formula is C46H47N9O4S4. The van der Waals surface area contributed by atoms with Crippen molar-refractivity contribution in [2.24, 2.45) is 21.8 Å². The SMILES string of the molecule is CSc1cc2c(cc1Nc1ncnc3sc4c(c13)CC[C@H](C(=O)N1C[C@@H](C)O[C@H](C)C1)C4)C=NC2.CSc1cc2c(cc1Nc1ncnc3sc4c(c13)CC[C@H](C(=O)O)C4)C=NC2. The van der Waals surface area contributed by atoms with Gasteiger partial charge in [0.05, 0.1) is 53.4 Å². The standard InChI is InChI=1S/C26H29N5O2S2.C20H18N4O2S2/c1-14-11-31(12-15(2)33-14)26(32)16-4-5-19-21(7-16)35-25-23(19)24(28-13-29-25)30-20-6-17-9-27-10-18(17)8-22(20)34-3;1-27-16-6-12-8-21-7-11(12)4-14(16)24-18-17-13-3-2-10(20(25)26)5-15(13)28-19(17)23-9-22-18/h6,8-9,13-16H,4-5,7,10-12H2,1-3H3,(H,28,29,30);4,6-7,9-10H,2-3,5,8H2,1H3,(H,25,26)(H,22,23,24)/t14-,15-,16+;10-/m10/s1. The number of carbonyl (C=O) groups excluding carboxylic acids is 1. The molecule has 5 aliphatic rings. The van der Waals surface area contributed by atoms with E-state index in [9.17, 15) is 14.7 Å². The van der Waals surface area contributed by atoms with Crippen molar-refractivity contribution in [3.8, 4) is 0 Å². The Morgan fingerprint density at radius 3 is 1.71 bits per heavy atom. The average molecular weight is 918 g/mol. The van der Waals surface area contributed by atoms with E-state index in [4.69, 9.17) is 4.74 Å². The number of hydrogen-bond acceptors (Lipinski definition) is 15. The molecule has 324 valence electrons. The number of nitrogens with zero attached hydrogens (tertiary/aromatic N) is 7. The van der Waals surface area contributed by atoms with Crippen LogP contribution >= 0.6 is 46.2 Å². The van der Waals surface area contributed by atoms with Gasteiger partial charge in [-0.2, -0.15) is 0 Å². The summed E-state index contributed by atoms with van der Waals surface area (Å²) in [5.74, 6) is 0.918. The Bertz CT molecular complexity index is 2850. The zero-order valence-corrected chi connectivity index (χ0v) is 38.7. The predicted octanol–water partition coefficient (Wildman–Crippen LogP) is 9.11. The minimum atomic E-state index is -0.711. The third-order valence-corrected chi connectivity index (χ3v) is 16.4. The van der Waals surface area contributed by atoms with Crippen molar-refractivity contribution >= 4 is 114 Å². The van der Waals surface area contributed by atoms with Crippen molar-refractivity contribution in [3.63, 3.8) is 0 Å². The first-order valence-corrected chi connectivity index (χ1v) is 25.3. The number of hydrogen-bond donors (Lipinski definition) is 3. The van der Waals surface area contributed by atoms with E-state index in [1.54, 1.807) is 58.9 Å². The molecule has 4 atom stereocenters. The summed E-state index contributed by atoms with van der Waals surface area (Å²) in [6.45, 7) is 6.95. The number of aliphatic carboxylic acids is 1. The van der Waals surface area contributed by atoms with E-state index in [1.807, 2.05) is 31.2 Å². The van der Waals surface area contributed by atoms with Crippen molar-refractivity contribution in [1.29, 1.82) is 0 Å². The molecule has 63 heavy (non-hydrogen) atoms. The molecule has 1 amide bonds. The molecule has 0 unspecified atom stereocenters. The summed E-state index contributed by atoms with van der Waals surface area (Å²) in [7, 11) is 0. The van der Waals surface area contributed by atoms with Gasteiger partial charge in [0.15, 0.2) is 0 Å². The number of fused-ring (bicyclic) bond motifs is 8. The Morgan fingerprint density at radius 2 is 1.22 bits per heavy atom. The first-order chi connectivity index (χ1) is 30.6. The van der Waals surface area contributed by atoms with Gasteiger partial charge >= 0.3 is 5.97 Å². The van der Waals surface area contributed by atoms with Gasteiger partial charge in [-0.3, -0.25) is 19.6 Å². The molecule has 1 fully saturated rings. The molecule has 2 aliphatic carbocycles. The van der Waals surface area contributed by atoms with Crippen LogP contribution in [0.3, 0.4) is 0 Å². The Hall–Kier alpha value is -4.94. The number of aromatic nitrogens is 4. The number of carboxylic acids is 1. The quantitative estimate of drug-likeness (QED) is 0.124. The van der Waals surface area contributed by atoms with E-state index in [-0.39, 0.29) is 30.0 Å². The van der Waals surface area contributed by atoms with Gasteiger partial charge in [0.25, 0.3) is 0 Å². The third-order valence-electron chi connectivity index (χ3n) is 12.5. The summed E-state index contributed by atoms with van der Waals surface area (Å²) >= 11 is 6.73. The maximum absolute atomic E-state index is 13.4. The van der Waals surface area contributed by atoms with Crippen LogP contribution in [0.4, 0.5) is 23.0 Å². The van der Waals surface area contributed by atoms with Gasteiger partial charge in [0.1, 0.15) is 34.0 Å². The number of morpholine rings is 1. The van der Waals surface area contributed by atoms with Gasteiger partial charge in [-0.25, -0.2) is 19.9 Å². The molecule has 3 N–H and O–H groups in total. The lowest BCUT2D eigenvalue weighted by molar-refractivity contribution is -0.147. The van der Waals surface area contributed by atoms with Crippen molar-refractivity contribution in [2.75, 3.05) is 36.2 Å². The number of carboxylic acid groups (broad SMARTS) is 1. The van der Waals surface area contributed by atoms with Gasteiger partial charge in [-0.05, 0) is 123 Å².